The SMILES string of the molecule is CC[N-]CC.CC[N-]CC.Oc1c(C=Nc2ccccc2)cccc1-c1ccc[nH]1.[Ti+2]. The number of aromatic nitrogens is 1. The number of rotatable bonds is 7. The maximum atomic E-state index is 10.3. The first-order valence-electron chi connectivity index (χ1n) is 10.5. The first-order chi connectivity index (χ1) is 14.7. The first kappa shape index (κ1) is 28.8. The van der Waals surface area contributed by atoms with Gasteiger partial charge in [-0.1, -0.05) is 52.0 Å². The van der Waals surface area contributed by atoms with E-state index in [-0.39, 0.29) is 27.5 Å². The zero-order valence-electron chi connectivity index (χ0n) is 19.0. The minimum Gasteiger partial charge on any atom is -0.663 e. The van der Waals surface area contributed by atoms with Gasteiger partial charge >= 0.3 is 21.7 Å². The second-order valence-corrected chi connectivity index (χ2v) is 6.13. The van der Waals surface area contributed by atoms with Crippen LogP contribution in [0.4, 0.5) is 5.69 Å². The van der Waals surface area contributed by atoms with Crippen LogP contribution in [-0.4, -0.2) is 42.5 Å². The molecule has 0 unspecified atom stereocenters. The molecule has 3 rings (SSSR count). The van der Waals surface area contributed by atoms with Gasteiger partial charge in [-0.3, -0.25) is 4.99 Å². The molecule has 0 saturated heterocycles. The molecule has 0 aliphatic heterocycles. The van der Waals surface area contributed by atoms with E-state index < -0.39 is 0 Å². The van der Waals surface area contributed by atoms with Gasteiger partial charge in [0.15, 0.2) is 0 Å². The van der Waals surface area contributed by atoms with Crippen molar-refractivity contribution < 1.29 is 26.8 Å². The Labute approximate surface area is 202 Å². The second kappa shape index (κ2) is 18.6. The monoisotopic (exact) mass is 454 g/mol. The third kappa shape index (κ3) is 11.7. The minimum absolute atomic E-state index is 0. The molecule has 0 bridgehead atoms. The Hall–Kier alpha value is -2.18. The zero-order valence-corrected chi connectivity index (χ0v) is 20.6. The van der Waals surface area contributed by atoms with Crippen LogP contribution in [0.3, 0.4) is 0 Å². The fourth-order valence-corrected chi connectivity index (χ4v) is 2.49. The van der Waals surface area contributed by atoms with E-state index in [0.29, 0.717) is 5.56 Å². The van der Waals surface area contributed by atoms with Crippen LogP contribution in [0.1, 0.15) is 33.3 Å². The number of phenolic OH excluding ortho intramolecular Hbond substituents is 1. The normalized spacial score (nSPS) is 9.81. The van der Waals surface area contributed by atoms with Gasteiger partial charge in [0.2, 0.25) is 0 Å². The van der Waals surface area contributed by atoms with E-state index in [2.05, 4.69) is 20.6 Å². The van der Waals surface area contributed by atoms with E-state index >= 15 is 0 Å². The van der Waals surface area contributed by atoms with Gasteiger partial charge in [-0.2, -0.15) is 26.2 Å². The molecule has 0 fully saturated rings. The van der Waals surface area contributed by atoms with E-state index in [1.165, 1.54) is 0 Å². The summed E-state index contributed by atoms with van der Waals surface area (Å²) in [5.41, 5.74) is 3.21. The molecule has 31 heavy (non-hydrogen) atoms. The molecule has 0 aliphatic carbocycles. The number of nitrogens with one attached hydrogen (secondary N) is 1. The predicted octanol–water partition coefficient (Wildman–Crippen LogP) is 6.94. The van der Waals surface area contributed by atoms with Crippen molar-refractivity contribution in [3.8, 4) is 17.0 Å². The molecule has 0 radical (unpaired) electrons. The summed E-state index contributed by atoms with van der Waals surface area (Å²) in [7, 11) is 0. The summed E-state index contributed by atoms with van der Waals surface area (Å²) in [5.74, 6) is 0.231. The number of para-hydroxylation sites is 2. The standard InChI is InChI=1S/C17H14N2O.2C4H10N.Ti/c20-17-13(12-19-14-7-2-1-3-8-14)6-4-9-15(17)16-10-5-11-18-16;2*1-3-5-4-2;/h1-12,18,20H;2*3-4H2,1-2H3;/q;2*-1;+2. The maximum absolute atomic E-state index is 10.3. The predicted molar refractivity (Wildman–Crippen MR) is 130 cm³/mol. The summed E-state index contributed by atoms with van der Waals surface area (Å²) >= 11 is 0. The van der Waals surface area contributed by atoms with E-state index in [1.54, 1.807) is 6.21 Å². The van der Waals surface area contributed by atoms with Gasteiger partial charge in [-0.25, -0.2) is 0 Å². The number of phenols is 1. The minimum atomic E-state index is 0. The molecule has 164 valence electrons. The Bertz CT molecular complexity index is 811. The van der Waals surface area contributed by atoms with Gasteiger partial charge in [0.1, 0.15) is 5.75 Å². The number of benzene rings is 2. The van der Waals surface area contributed by atoms with Crippen LogP contribution in [0, 0.1) is 0 Å². The Balaban J connectivity index is 0.000000692. The van der Waals surface area contributed by atoms with Crippen LogP contribution >= 0.6 is 0 Å². The third-order valence-electron chi connectivity index (χ3n) is 3.96. The van der Waals surface area contributed by atoms with Crippen LogP contribution in [-0.2, 0) is 21.7 Å². The van der Waals surface area contributed by atoms with Crippen molar-refractivity contribution in [1.82, 2.24) is 4.98 Å². The molecule has 0 aliphatic rings. The van der Waals surface area contributed by atoms with Gasteiger partial charge < -0.3 is 20.7 Å². The molecule has 0 atom stereocenters. The van der Waals surface area contributed by atoms with Crippen molar-refractivity contribution >= 4 is 11.9 Å². The smallest absolute Gasteiger partial charge is 0.663 e. The Morgan fingerprint density at radius 3 is 1.90 bits per heavy atom. The van der Waals surface area contributed by atoms with Crippen LogP contribution in [0.15, 0.2) is 71.9 Å². The summed E-state index contributed by atoms with van der Waals surface area (Å²) in [6.07, 6.45) is 3.51. The second-order valence-electron chi connectivity index (χ2n) is 6.13. The van der Waals surface area contributed by atoms with Gasteiger partial charge in [-0.05, 0) is 36.4 Å². The van der Waals surface area contributed by atoms with Crippen molar-refractivity contribution in [3.63, 3.8) is 0 Å². The molecular formula is C25H34N4OTi. The van der Waals surface area contributed by atoms with Crippen LogP contribution < -0.4 is 0 Å². The average Bonchev–Trinajstić information content (AvgIpc) is 3.30. The van der Waals surface area contributed by atoms with E-state index in [4.69, 9.17) is 0 Å². The Kier molecular flexibility index (Phi) is 17.3. The topological polar surface area (TPSA) is 76.6 Å². The summed E-state index contributed by atoms with van der Waals surface area (Å²) in [6.45, 7) is 12.1. The first-order valence-corrected chi connectivity index (χ1v) is 10.5. The van der Waals surface area contributed by atoms with Crippen molar-refractivity contribution in [2.75, 3.05) is 26.2 Å². The molecule has 2 aromatic carbocycles. The van der Waals surface area contributed by atoms with E-state index in [9.17, 15) is 5.11 Å². The summed E-state index contributed by atoms with van der Waals surface area (Å²) in [5, 5.41) is 18.3. The molecular weight excluding hydrogens is 420 g/mol. The zero-order chi connectivity index (χ0) is 22.0. The van der Waals surface area contributed by atoms with Gasteiger partial charge in [0.25, 0.3) is 0 Å². The van der Waals surface area contributed by atoms with Crippen LogP contribution in [0.5, 0.6) is 5.75 Å². The van der Waals surface area contributed by atoms with Crippen LogP contribution in [0.25, 0.3) is 21.9 Å². The van der Waals surface area contributed by atoms with Crippen LogP contribution in [0.2, 0.25) is 0 Å². The molecule has 6 heteroatoms. The summed E-state index contributed by atoms with van der Waals surface area (Å²) in [6, 6.07) is 19.1. The fraction of sp³-hybridized carbons (Fsp3) is 0.320. The molecule has 1 heterocycles. The Morgan fingerprint density at radius 1 is 0.806 bits per heavy atom. The molecule has 0 saturated carbocycles. The van der Waals surface area contributed by atoms with Crippen molar-refractivity contribution in [2.24, 2.45) is 4.99 Å². The largest absolute Gasteiger partial charge is 2.00 e. The summed E-state index contributed by atoms with van der Waals surface area (Å²) < 4.78 is 0. The fourth-order valence-electron chi connectivity index (χ4n) is 2.49. The number of aromatic amines is 1. The number of hydrogen-bond acceptors (Lipinski definition) is 2. The van der Waals surface area contributed by atoms with Crippen molar-refractivity contribution in [2.45, 2.75) is 27.7 Å². The number of hydrogen-bond donors (Lipinski definition) is 2. The molecule has 5 nitrogen and oxygen atoms in total. The molecule has 0 amide bonds. The number of H-pyrrole nitrogens is 1. The van der Waals surface area contributed by atoms with E-state index in [1.807, 2.05) is 94.6 Å². The molecule has 0 spiro atoms. The molecule has 3 aromatic rings. The third-order valence-corrected chi connectivity index (χ3v) is 3.96. The van der Waals surface area contributed by atoms with Gasteiger partial charge in [0.05, 0.1) is 5.69 Å². The number of aliphatic imine (C=N–C) groups is 1. The maximum Gasteiger partial charge on any atom is 2.00 e. The molecule has 2 N–H and O–H groups in total. The van der Waals surface area contributed by atoms with Crippen molar-refractivity contribution in [3.05, 3.63) is 83.1 Å². The quantitative estimate of drug-likeness (QED) is 0.295. The van der Waals surface area contributed by atoms with Gasteiger partial charge in [0, 0.05) is 29.2 Å². The van der Waals surface area contributed by atoms with Gasteiger partial charge in [-0.15, -0.1) is 0 Å². The number of aromatic hydroxyl groups is 1. The number of nitrogens with zero attached hydrogens (tertiary/aromatic N) is 3. The average molecular weight is 454 g/mol. The molecule has 1 aromatic heterocycles. The van der Waals surface area contributed by atoms with E-state index in [0.717, 1.165) is 43.1 Å². The van der Waals surface area contributed by atoms with Crippen molar-refractivity contribution in [1.29, 1.82) is 0 Å². The Morgan fingerprint density at radius 2 is 1.42 bits per heavy atom. The summed E-state index contributed by atoms with van der Waals surface area (Å²) in [4.78, 5) is 7.46.